The van der Waals surface area contributed by atoms with Crippen LogP contribution in [0.3, 0.4) is 0 Å². The third-order valence-electron chi connectivity index (χ3n) is 5.83. The first-order valence-electron chi connectivity index (χ1n) is 11.5. The summed E-state index contributed by atoms with van der Waals surface area (Å²) in [7, 11) is 0. The average molecular weight is 474 g/mol. The molecule has 0 fully saturated rings. The van der Waals surface area contributed by atoms with Gasteiger partial charge in [-0.25, -0.2) is 15.0 Å². The number of nitrogens with zero attached hydrogens (tertiary/aromatic N) is 5. The second-order valence-corrected chi connectivity index (χ2v) is 9.89. The minimum atomic E-state index is -0.193. The van der Waals surface area contributed by atoms with Gasteiger partial charge in [0.05, 0.1) is 22.6 Å². The second-order valence-electron chi connectivity index (χ2n) is 9.89. The Bertz CT molecular complexity index is 1460. The van der Waals surface area contributed by atoms with Crippen molar-refractivity contribution in [1.82, 2.24) is 24.5 Å². The number of hydrogen-bond acceptors (Lipinski definition) is 7. The van der Waals surface area contributed by atoms with Crippen LogP contribution in [-0.2, 0) is 12.0 Å². The van der Waals surface area contributed by atoms with Gasteiger partial charge in [-0.3, -0.25) is 14.3 Å². The van der Waals surface area contributed by atoms with E-state index < -0.39 is 0 Å². The topological polar surface area (TPSA) is 95.9 Å². The van der Waals surface area contributed by atoms with Gasteiger partial charge in [0, 0.05) is 36.5 Å². The molecule has 0 aliphatic rings. The summed E-state index contributed by atoms with van der Waals surface area (Å²) in [5, 5.41) is 0. The van der Waals surface area contributed by atoms with E-state index in [4.69, 9.17) is 14.1 Å². The molecule has 0 saturated carbocycles. The Hall–Kier alpha value is -3.81. The fourth-order valence-corrected chi connectivity index (χ4v) is 3.82. The van der Waals surface area contributed by atoms with Crippen molar-refractivity contribution < 1.29 is 9.15 Å². The molecule has 0 N–H and O–H groups in total. The molecule has 0 aliphatic carbocycles. The maximum atomic E-state index is 13.5. The van der Waals surface area contributed by atoms with E-state index in [0.717, 1.165) is 34.0 Å². The van der Waals surface area contributed by atoms with Crippen LogP contribution in [0.4, 0.5) is 0 Å². The molecule has 0 bridgehead atoms. The van der Waals surface area contributed by atoms with E-state index in [2.05, 4.69) is 35.7 Å². The van der Waals surface area contributed by atoms with Crippen LogP contribution < -0.4 is 10.3 Å². The molecule has 0 spiro atoms. The van der Waals surface area contributed by atoms with Crippen LogP contribution in [0.1, 0.15) is 60.6 Å². The number of ether oxygens (including phenoxy) is 1. The fraction of sp³-hybridized carbons (Fsp3) is 0.370. The zero-order chi connectivity index (χ0) is 25.5. The van der Waals surface area contributed by atoms with Crippen molar-refractivity contribution in [3.63, 3.8) is 0 Å². The summed E-state index contributed by atoms with van der Waals surface area (Å²) in [5.74, 6) is 1.84. The predicted molar refractivity (Wildman–Crippen MR) is 134 cm³/mol. The molecule has 35 heavy (non-hydrogen) atoms. The van der Waals surface area contributed by atoms with Crippen LogP contribution in [0.5, 0.6) is 5.75 Å². The van der Waals surface area contributed by atoms with Crippen molar-refractivity contribution in [3.8, 4) is 22.8 Å². The minimum Gasteiger partial charge on any atom is -0.487 e. The molecule has 0 atom stereocenters. The zero-order valence-corrected chi connectivity index (χ0v) is 21.6. The molecule has 0 saturated heterocycles. The van der Waals surface area contributed by atoms with E-state index in [1.54, 1.807) is 30.9 Å². The van der Waals surface area contributed by atoms with Gasteiger partial charge in [-0.05, 0) is 44.9 Å². The Balaban J connectivity index is 1.76. The molecule has 4 heterocycles. The number of oxazole rings is 1. The highest BCUT2D eigenvalue weighted by molar-refractivity contribution is 5.62. The monoisotopic (exact) mass is 473 g/mol. The first-order valence-corrected chi connectivity index (χ1v) is 11.5. The maximum absolute atomic E-state index is 13.5. The van der Waals surface area contributed by atoms with Crippen molar-refractivity contribution in [3.05, 3.63) is 80.9 Å². The van der Waals surface area contributed by atoms with Crippen LogP contribution >= 0.6 is 0 Å². The molecule has 8 nitrogen and oxygen atoms in total. The Morgan fingerprint density at radius 2 is 1.69 bits per heavy atom. The molecule has 0 unspecified atom stereocenters. The van der Waals surface area contributed by atoms with Gasteiger partial charge in [-0.2, -0.15) is 0 Å². The van der Waals surface area contributed by atoms with Gasteiger partial charge in [-0.1, -0.05) is 20.8 Å². The zero-order valence-electron chi connectivity index (χ0n) is 21.6. The molecule has 4 rings (SSSR count). The first-order chi connectivity index (χ1) is 16.5. The lowest BCUT2D eigenvalue weighted by Crippen LogP contribution is -2.24. The van der Waals surface area contributed by atoms with Crippen LogP contribution in [0.25, 0.3) is 17.1 Å². The Morgan fingerprint density at radius 3 is 2.34 bits per heavy atom. The minimum absolute atomic E-state index is 0.147. The molecule has 8 heteroatoms. The Morgan fingerprint density at radius 1 is 0.971 bits per heavy atom. The lowest BCUT2D eigenvalue weighted by atomic mass is 9.95. The average Bonchev–Trinajstić information content (AvgIpc) is 3.21. The van der Waals surface area contributed by atoms with E-state index in [-0.39, 0.29) is 17.6 Å². The van der Waals surface area contributed by atoms with Crippen LogP contribution in [-0.4, -0.2) is 24.5 Å². The van der Waals surface area contributed by atoms with Crippen molar-refractivity contribution >= 4 is 0 Å². The van der Waals surface area contributed by atoms with Crippen LogP contribution in [0, 0.1) is 34.6 Å². The van der Waals surface area contributed by atoms with E-state index in [0.29, 0.717) is 28.6 Å². The first kappa shape index (κ1) is 24.3. The van der Waals surface area contributed by atoms with Gasteiger partial charge < -0.3 is 9.15 Å². The summed E-state index contributed by atoms with van der Waals surface area (Å²) in [6, 6.07) is 3.79. The summed E-state index contributed by atoms with van der Waals surface area (Å²) in [6.07, 6.45) is 5.16. The van der Waals surface area contributed by atoms with Gasteiger partial charge in [0.1, 0.15) is 30.1 Å². The third-order valence-corrected chi connectivity index (χ3v) is 5.83. The van der Waals surface area contributed by atoms with E-state index in [9.17, 15) is 4.79 Å². The fourth-order valence-electron chi connectivity index (χ4n) is 3.82. The summed E-state index contributed by atoms with van der Waals surface area (Å²) < 4.78 is 12.8. The Kier molecular flexibility index (Phi) is 6.32. The number of aromatic nitrogens is 5. The number of pyridine rings is 2. The quantitative estimate of drug-likeness (QED) is 0.398. The van der Waals surface area contributed by atoms with Gasteiger partial charge in [0.15, 0.2) is 5.89 Å². The van der Waals surface area contributed by atoms with Crippen molar-refractivity contribution in [1.29, 1.82) is 0 Å². The summed E-state index contributed by atoms with van der Waals surface area (Å²) in [6.45, 7) is 15.8. The van der Waals surface area contributed by atoms with E-state index >= 15 is 0 Å². The van der Waals surface area contributed by atoms with Gasteiger partial charge >= 0.3 is 0 Å². The smallest absolute Gasteiger partial charge is 0.261 e. The molecule has 0 aliphatic heterocycles. The largest absolute Gasteiger partial charge is 0.487 e. The molecule has 4 aromatic heterocycles. The standard InChI is InChI=1S/C27H31N5O3/c1-15-11-28-21(24-16(2)12-29-26(31-24)27(6,7)8)10-22(15)32-17(3)9-23(18(4)25(32)33)35-14-20-13-34-19(5)30-20/h9-13H,14H2,1-8H3. The third kappa shape index (κ3) is 4.87. The molecule has 0 amide bonds. The molecular weight excluding hydrogens is 442 g/mol. The van der Waals surface area contributed by atoms with Gasteiger partial charge in [0.2, 0.25) is 0 Å². The molecular formula is C27H31N5O3. The van der Waals surface area contributed by atoms with E-state index in [1.165, 1.54) is 0 Å². The highest BCUT2D eigenvalue weighted by Gasteiger charge is 2.21. The number of hydrogen-bond donors (Lipinski definition) is 0. The molecule has 0 aromatic carbocycles. The summed E-state index contributed by atoms with van der Waals surface area (Å²) in [5.41, 5.74) is 5.62. The summed E-state index contributed by atoms with van der Waals surface area (Å²) in [4.78, 5) is 31.7. The SMILES string of the molecule is Cc1nc(COc2cc(C)n(-c3cc(-c4nc(C(C)(C)C)ncc4C)ncc3C)c(=O)c2C)co1. The molecule has 4 aromatic rings. The second kappa shape index (κ2) is 9.09. The normalized spacial score (nSPS) is 11.7. The highest BCUT2D eigenvalue weighted by atomic mass is 16.5. The van der Waals surface area contributed by atoms with Gasteiger partial charge in [0.25, 0.3) is 5.56 Å². The van der Waals surface area contributed by atoms with Crippen molar-refractivity contribution in [2.75, 3.05) is 0 Å². The van der Waals surface area contributed by atoms with Gasteiger partial charge in [-0.15, -0.1) is 0 Å². The predicted octanol–water partition coefficient (Wildman–Crippen LogP) is 5.10. The number of aryl methyl sites for hydroxylation is 4. The van der Waals surface area contributed by atoms with Crippen LogP contribution in [0.2, 0.25) is 0 Å². The maximum Gasteiger partial charge on any atom is 0.261 e. The Labute approximate surface area is 205 Å². The molecule has 182 valence electrons. The molecule has 0 radical (unpaired) electrons. The van der Waals surface area contributed by atoms with Crippen LogP contribution in [0.15, 0.2) is 40.0 Å². The summed E-state index contributed by atoms with van der Waals surface area (Å²) >= 11 is 0. The lowest BCUT2D eigenvalue weighted by Gasteiger charge is -2.19. The highest BCUT2D eigenvalue weighted by Crippen LogP contribution is 2.27. The van der Waals surface area contributed by atoms with Crippen molar-refractivity contribution in [2.24, 2.45) is 0 Å². The lowest BCUT2D eigenvalue weighted by molar-refractivity contribution is 0.297. The van der Waals surface area contributed by atoms with Crippen molar-refractivity contribution in [2.45, 2.75) is 67.4 Å². The van der Waals surface area contributed by atoms with E-state index in [1.807, 2.05) is 39.1 Å². The number of rotatable bonds is 5.